The van der Waals surface area contributed by atoms with Crippen LogP contribution in [0.25, 0.3) is 0 Å². The summed E-state index contributed by atoms with van der Waals surface area (Å²) in [7, 11) is 3.75. The van der Waals surface area contributed by atoms with Crippen molar-refractivity contribution >= 4 is 0 Å². The molecule has 0 aromatic carbocycles. The van der Waals surface area contributed by atoms with Crippen molar-refractivity contribution in [1.29, 1.82) is 0 Å². The molecule has 1 rings (SSSR count). The van der Waals surface area contributed by atoms with E-state index < -0.39 is 0 Å². The molecule has 60 valence electrons. The van der Waals surface area contributed by atoms with Crippen LogP contribution in [0.2, 0.25) is 0 Å². The van der Waals surface area contributed by atoms with Crippen molar-refractivity contribution in [3.8, 4) is 0 Å². The molecule has 0 aromatic heterocycles. The van der Waals surface area contributed by atoms with Gasteiger partial charge in [-0.2, -0.15) is 7.05 Å². The van der Waals surface area contributed by atoms with E-state index in [1.165, 1.54) is 45.1 Å². The highest BCUT2D eigenvalue weighted by Gasteiger charge is 2.12. The predicted molar refractivity (Wildman–Crippen MR) is 43.3 cm³/mol. The lowest BCUT2D eigenvalue weighted by Crippen LogP contribution is -2.77. The third-order valence-corrected chi connectivity index (χ3v) is 2.50. The van der Waals surface area contributed by atoms with Gasteiger partial charge in [0.1, 0.15) is 0 Å². The second kappa shape index (κ2) is 4.73. The van der Waals surface area contributed by atoms with Crippen molar-refractivity contribution in [2.24, 2.45) is 5.92 Å². The molecule has 1 nitrogen and oxygen atoms in total. The van der Waals surface area contributed by atoms with E-state index in [1.807, 2.05) is 0 Å². The Bertz CT molecular complexity index is 74.8. The van der Waals surface area contributed by atoms with Crippen molar-refractivity contribution < 1.29 is 5.32 Å². The molecule has 1 fully saturated rings. The SMILES string of the molecule is [CH2-][NH2+]CCC1CCCCC1. The zero-order valence-electron chi connectivity index (χ0n) is 6.81. The van der Waals surface area contributed by atoms with Gasteiger partial charge < -0.3 is 5.32 Å². The molecule has 0 saturated heterocycles. The first-order chi connectivity index (χ1) is 4.93. The van der Waals surface area contributed by atoms with E-state index in [4.69, 9.17) is 0 Å². The van der Waals surface area contributed by atoms with Crippen LogP contribution in [0.15, 0.2) is 0 Å². The molecule has 1 aliphatic carbocycles. The zero-order valence-corrected chi connectivity index (χ0v) is 6.81. The molecule has 10 heavy (non-hydrogen) atoms. The summed E-state index contributed by atoms with van der Waals surface area (Å²) in [6, 6.07) is 0. The molecule has 0 spiro atoms. The maximum absolute atomic E-state index is 3.75. The maximum atomic E-state index is 3.75. The van der Waals surface area contributed by atoms with Gasteiger partial charge in [-0.05, 0) is 12.3 Å². The number of hydrogen-bond donors (Lipinski definition) is 1. The van der Waals surface area contributed by atoms with Crippen LogP contribution in [-0.4, -0.2) is 6.54 Å². The van der Waals surface area contributed by atoms with Gasteiger partial charge >= 0.3 is 0 Å². The first kappa shape index (κ1) is 8.06. The average Bonchev–Trinajstić information content (AvgIpc) is 2.03. The van der Waals surface area contributed by atoms with Crippen molar-refractivity contribution in [3.05, 3.63) is 7.05 Å². The van der Waals surface area contributed by atoms with Crippen LogP contribution < -0.4 is 5.32 Å². The first-order valence-corrected chi connectivity index (χ1v) is 4.54. The standard InChI is InChI=1S/C9H19N/c1-10-8-7-9-5-3-2-4-6-9/h9H,1-8,10H2. The Balaban J connectivity index is 2.02. The highest BCUT2D eigenvalue weighted by atomic mass is 14.8. The quantitative estimate of drug-likeness (QED) is 0.571. The molecule has 2 N–H and O–H groups in total. The van der Waals surface area contributed by atoms with E-state index in [0.717, 1.165) is 5.92 Å². The van der Waals surface area contributed by atoms with E-state index in [2.05, 4.69) is 12.4 Å². The molecule has 0 unspecified atom stereocenters. The molecular weight excluding hydrogens is 122 g/mol. The Morgan fingerprint density at radius 1 is 1.20 bits per heavy atom. The van der Waals surface area contributed by atoms with E-state index in [-0.39, 0.29) is 0 Å². The van der Waals surface area contributed by atoms with Crippen molar-refractivity contribution in [2.45, 2.75) is 38.5 Å². The summed E-state index contributed by atoms with van der Waals surface area (Å²) in [4.78, 5) is 0. The number of nitrogens with two attached hydrogens (primary N) is 1. The fourth-order valence-electron chi connectivity index (χ4n) is 1.83. The minimum atomic E-state index is 1.03. The number of quaternary nitrogens is 1. The Morgan fingerprint density at radius 2 is 1.90 bits per heavy atom. The zero-order chi connectivity index (χ0) is 7.23. The minimum Gasteiger partial charge on any atom is -0.479 e. The number of hydrogen-bond acceptors (Lipinski definition) is 0. The average molecular weight is 141 g/mol. The molecule has 0 atom stereocenters. The largest absolute Gasteiger partial charge is 0.479 e. The van der Waals surface area contributed by atoms with Crippen LogP contribution in [0.5, 0.6) is 0 Å². The van der Waals surface area contributed by atoms with Gasteiger partial charge in [-0.25, -0.2) is 0 Å². The van der Waals surface area contributed by atoms with E-state index in [1.54, 1.807) is 0 Å². The summed E-state index contributed by atoms with van der Waals surface area (Å²) in [6.07, 6.45) is 8.78. The van der Waals surface area contributed by atoms with Crippen LogP contribution in [0.4, 0.5) is 0 Å². The summed E-state index contributed by atoms with van der Waals surface area (Å²) < 4.78 is 0. The fraction of sp³-hybridized carbons (Fsp3) is 0.889. The lowest BCUT2D eigenvalue weighted by molar-refractivity contribution is -0.596. The summed E-state index contributed by atoms with van der Waals surface area (Å²) in [5.41, 5.74) is 0. The highest BCUT2D eigenvalue weighted by Crippen LogP contribution is 2.25. The normalized spacial score (nSPS) is 21.3. The molecular formula is C9H19N. The van der Waals surface area contributed by atoms with Gasteiger partial charge in [0.15, 0.2) is 0 Å². The summed E-state index contributed by atoms with van der Waals surface area (Å²) >= 11 is 0. The summed E-state index contributed by atoms with van der Waals surface area (Å²) in [5.74, 6) is 1.03. The predicted octanol–water partition coefficient (Wildman–Crippen LogP) is 1.31. The van der Waals surface area contributed by atoms with Crippen LogP contribution in [-0.2, 0) is 0 Å². The monoisotopic (exact) mass is 141 g/mol. The highest BCUT2D eigenvalue weighted by molar-refractivity contribution is 4.64. The van der Waals surface area contributed by atoms with Gasteiger partial charge in [-0.1, -0.05) is 32.1 Å². The molecule has 1 heteroatoms. The smallest absolute Gasteiger partial charge is 0.0518 e. The third kappa shape index (κ3) is 2.70. The summed E-state index contributed by atoms with van der Waals surface area (Å²) in [6.45, 7) is 1.23. The molecule has 1 saturated carbocycles. The lowest BCUT2D eigenvalue weighted by atomic mass is 9.87. The first-order valence-electron chi connectivity index (χ1n) is 4.54. The van der Waals surface area contributed by atoms with Crippen LogP contribution in [0.3, 0.4) is 0 Å². The van der Waals surface area contributed by atoms with Gasteiger partial charge in [-0.15, -0.1) is 0 Å². The second-order valence-electron chi connectivity index (χ2n) is 3.37. The van der Waals surface area contributed by atoms with Crippen LogP contribution in [0.1, 0.15) is 38.5 Å². The Kier molecular flexibility index (Phi) is 3.81. The minimum absolute atomic E-state index is 1.03. The van der Waals surface area contributed by atoms with Crippen LogP contribution in [0, 0.1) is 13.0 Å². The van der Waals surface area contributed by atoms with E-state index in [0.29, 0.717) is 0 Å². The van der Waals surface area contributed by atoms with Gasteiger partial charge in [0.05, 0.1) is 6.54 Å². The Hall–Kier alpha value is -0.0400. The molecule has 0 aromatic rings. The molecule has 0 heterocycles. The van der Waals surface area contributed by atoms with Crippen molar-refractivity contribution in [2.75, 3.05) is 6.54 Å². The topological polar surface area (TPSA) is 16.6 Å². The molecule has 0 radical (unpaired) electrons. The summed E-state index contributed by atoms with van der Waals surface area (Å²) in [5, 5.41) is 2.05. The van der Waals surface area contributed by atoms with Gasteiger partial charge in [-0.3, -0.25) is 0 Å². The number of rotatable bonds is 3. The fourth-order valence-corrected chi connectivity index (χ4v) is 1.83. The third-order valence-electron chi connectivity index (χ3n) is 2.50. The Labute approximate surface area is 64.2 Å². The molecule has 1 aliphatic rings. The maximum Gasteiger partial charge on any atom is 0.0518 e. The van der Waals surface area contributed by atoms with Gasteiger partial charge in [0, 0.05) is 0 Å². The van der Waals surface area contributed by atoms with Crippen LogP contribution >= 0.6 is 0 Å². The lowest BCUT2D eigenvalue weighted by Gasteiger charge is -2.20. The van der Waals surface area contributed by atoms with E-state index in [9.17, 15) is 0 Å². The van der Waals surface area contributed by atoms with Crippen molar-refractivity contribution in [3.63, 3.8) is 0 Å². The molecule has 0 aliphatic heterocycles. The van der Waals surface area contributed by atoms with Gasteiger partial charge in [0.2, 0.25) is 0 Å². The Morgan fingerprint density at radius 3 is 2.50 bits per heavy atom. The molecule has 0 bridgehead atoms. The molecule has 0 amide bonds. The second-order valence-corrected chi connectivity index (χ2v) is 3.37. The van der Waals surface area contributed by atoms with E-state index >= 15 is 0 Å². The van der Waals surface area contributed by atoms with Crippen molar-refractivity contribution in [1.82, 2.24) is 0 Å². The van der Waals surface area contributed by atoms with Gasteiger partial charge in [0.25, 0.3) is 0 Å².